The molecule has 0 aliphatic carbocycles. The number of aliphatic imine (C=N–C) groups is 1. The quantitative estimate of drug-likeness (QED) is 0.295. The molecule has 1 rings (SSSR count). The number of nitrogens with zero attached hydrogens (tertiary/aromatic N) is 2. The maximum absolute atomic E-state index is 11.1. The van der Waals surface area contributed by atoms with Crippen LogP contribution in [-0.2, 0) is 23.1 Å². The molecule has 0 aromatic carbocycles. The van der Waals surface area contributed by atoms with E-state index in [1.165, 1.54) is 7.11 Å². The van der Waals surface area contributed by atoms with Crippen molar-refractivity contribution in [3.8, 4) is 0 Å². The molecule has 0 amide bonds. The molecule has 0 fully saturated rings. The molecule has 0 spiro atoms. The molecular weight excluding hydrogens is 442 g/mol. The summed E-state index contributed by atoms with van der Waals surface area (Å²) in [5.74, 6) is 0.356. The molecule has 0 unspecified atom stereocenters. The van der Waals surface area contributed by atoms with Crippen LogP contribution in [0.5, 0.6) is 0 Å². The fourth-order valence-corrected chi connectivity index (χ4v) is 2.04. The van der Waals surface area contributed by atoms with Crippen molar-refractivity contribution in [3.05, 3.63) is 21.9 Å². The standard InChI is InChI=1S/C13H20Cl2N4O2.HI/c1-4-16-13(17-6-5-11(20)21-3)18-8-9-7-10(14)12(15)19(9)2;/h7H,4-6,8H2,1-3H3,(H2,16,17,18);1H. The van der Waals surface area contributed by atoms with Gasteiger partial charge in [-0.1, -0.05) is 23.2 Å². The van der Waals surface area contributed by atoms with E-state index >= 15 is 0 Å². The van der Waals surface area contributed by atoms with Crippen LogP contribution in [0.4, 0.5) is 0 Å². The van der Waals surface area contributed by atoms with Gasteiger partial charge in [0.2, 0.25) is 0 Å². The van der Waals surface area contributed by atoms with Gasteiger partial charge in [-0.15, -0.1) is 24.0 Å². The SMILES string of the molecule is CCNC(=NCc1cc(Cl)c(Cl)n1C)NCCC(=O)OC.I. The molecule has 126 valence electrons. The second-order valence-electron chi connectivity index (χ2n) is 4.28. The van der Waals surface area contributed by atoms with E-state index in [4.69, 9.17) is 23.2 Å². The third-order valence-corrected chi connectivity index (χ3v) is 3.65. The number of methoxy groups -OCH3 is 1. The third kappa shape index (κ3) is 6.62. The zero-order valence-corrected chi connectivity index (χ0v) is 16.6. The highest BCUT2D eigenvalue weighted by Crippen LogP contribution is 2.25. The molecule has 2 N–H and O–H groups in total. The van der Waals surface area contributed by atoms with Gasteiger partial charge in [-0.2, -0.15) is 0 Å². The van der Waals surface area contributed by atoms with Gasteiger partial charge in [-0.3, -0.25) is 4.79 Å². The average Bonchev–Trinajstić information content (AvgIpc) is 2.71. The lowest BCUT2D eigenvalue weighted by Crippen LogP contribution is -2.38. The van der Waals surface area contributed by atoms with Crippen molar-refractivity contribution in [3.63, 3.8) is 0 Å². The zero-order valence-electron chi connectivity index (χ0n) is 12.8. The molecule has 0 saturated carbocycles. The van der Waals surface area contributed by atoms with Gasteiger partial charge in [0.25, 0.3) is 0 Å². The van der Waals surface area contributed by atoms with Crippen LogP contribution < -0.4 is 10.6 Å². The number of esters is 1. The Kier molecular flexibility index (Phi) is 10.6. The molecule has 9 heteroatoms. The van der Waals surface area contributed by atoms with Gasteiger partial charge in [0.05, 0.1) is 25.1 Å². The summed E-state index contributed by atoms with van der Waals surface area (Å²) in [7, 11) is 3.20. The summed E-state index contributed by atoms with van der Waals surface area (Å²) in [5.41, 5.74) is 0.898. The molecule has 0 aliphatic rings. The zero-order chi connectivity index (χ0) is 15.8. The topological polar surface area (TPSA) is 67.7 Å². The Hall–Kier alpha value is -0.670. The van der Waals surface area contributed by atoms with E-state index in [0.29, 0.717) is 29.2 Å². The van der Waals surface area contributed by atoms with Crippen molar-refractivity contribution in [2.75, 3.05) is 20.2 Å². The van der Waals surface area contributed by atoms with Crippen LogP contribution in [0.15, 0.2) is 11.1 Å². The minimum Gasteiger partial charge on any atom is -0.469 e. The van der Waals surface area contributed by atoms with Crippen LogP contribution in [0, 0.1) is 0 Å². The largest absolute Gasteiger partial charge is 0.469 e. The maximum atomic E-state index is 11.1. The molecule has 0 atom stereocenters. The number of rotatable bonds is 6. The number of aromatic nitrogens is 1. The monoisotopic (exact) mass is 462 g/mol. The van der Waals surface area contributed by atoms with E-state index in [1.807, 2.05) is 14.0 Å². The number of nitrogens with one attached hydrogen (secondary N) is 2. The molecule has 1 aromatic rings. The molecule has 6 nitrogen and oxygen atoms in total. The highest BCUT2D eigenvalue weighted by molar-refractivity contribution is 14.0. The first-order valence-electron chi connectivity index (χ1n) is 6.58. The fraction of sp³-hybridized carbons (Fsp3) is 0.538. The van der Waals surface area contributed by atoms with Crippen molar-refractivity contribution < 1.29 is 9.53 Å². The van der Waals surface area contributed by atoms with E-state index < -0.39 is 0 Å². The number of hydrogen-bond acceptors (Lipinski definition) is 3. The van der Waals surface area contributed by atoms with Gasteiger partial charge in [-0.25, -0.2) is 4.99 Å². The van der Waals surface area contributed by atoms with Gasteiger partial charge < -0.3 is 19.9 Å². The van der Waals surface area contributed by atoms with E-state index in [0.717, 1.165) is 12.2 Å². The minimum absolute atomic E-state index is 0. The Bertz CT molecular complexity index is 520. The minimum atomic E-state index is -0.264. The van der Waals surface area contributed by atoms with Crippen LogP contribution >= 0.6 is 47.2 Å². The fourth-order valence-electron chi connectivity index (χ4n) is 1.63. The van der Waals surface area contributed by atoms with Crippen LogP contribution in [0.3, 0.4) is 0 Å². The smallest absolute Gasteiger partial charge is 0.307 e. The molecule has 0 bridgehead atoms. The number of carbonyl (C=O) groups is 1. The molecular formula is C13H21Cl2IN4O2. The number of ether oxygens (including phenoxy) is 1. The third-order valence-electron chi connectivity index (χ3n) is 2.81. The Morgan fingerprint density at radius 2 is 2.09 bits per heavy atom. The van der Waals surface area contributed by atoms with Crippen molar-refractivity contribution in [2.24, 2.45) is 12.0 Å². The summed E-state index contributed by atoms with van der Waals surface area (Å²) in [5, 5.41) is 7.16. The van der Waals surface area contributed by atoms with Crippen molar-refractivity contribution in [1.82, 2.24) is 15.2 Å². The van der Waals surface area contributed by atoms with Crippen LogP contribution in [0.2, 0.25) is 10.2 Å². The van der Waals surface area contributed by atoms with E-state index in [9.17, 15) is 4.79 Å². The van der Waals surface area contributed by atoms with Crippen LogP contribution in [0.25, 0.3) is 0 Å². The number of hydrogen-bond donors (Lipinski definition) is 2. The summed E-state index contributed by atoms with van der Waals surface area (Å²) in [4.78, 5) is 15.5. The molecule has 1 aromatic heterocycles. The van der Waals surface area contributed by atoms with E-state index in [-0.39, 0.29) is 36.4 Å². The summed E-state index contributed by atoms with van der Waals surface area (Å²) < 4.78 is 6.36. The molecule has 22 heavy (non-hydrogen) atoms. The molecule has 0 aliphatic heterocycles. The highest BCUT2D eigenvalue weighted by Gasteiger charge is 2.08. The van der Waals surface area contributed by atoms with E-state index in [1.54, 1.807) is 10.6 Å². The highest BCUT2D eigenvalue weighted by atomic mass is 127. The van der Waals surface area contributed by atoms with Gasteiger partial charge in [0.15, 0.2) is 5.96 Å². The summed E-state index contributed by atoms with van der Waals surface area (Å²) >= 11 is 12.0. The first-order chi connectivity index (χ1) is 9.99. The Balaban J connectivity index is 0.00000441. The van der Waals surface area contributed by atoms with Gasteiger partial charge >= 0.3 is 5.97 Å². The van der Waals surface area contributed by atoms with Gasteiger partial charge in [0.1, 0.15) is 5.15 Å². The van der Waals surface area contributed by atoms with Crippen molar-refractivity contribution in [2.45, 2.75) is 19.9 Å². The second kappa shape index (κ2) is 11.0. The maximum Gasteiger partial charge on any atom is 0.307 e. The van der Waals surface area contributed by atoms with Gasteiger partial charge in [-0.05, 0) is 13.0 Å². The predicted octanol–water partition coefficient (Wildman–Crippen LogP) is 2.57. The second-order valence-corrected chi connectivity index (χ2v) is 5.05. The summed E-state index contributed by atoms with van der Waals surface area (Å²) in [6.07, 6.45) is 0.280. The number of carbonyl (C=O) groups excluding carboxylic acids is 1. The lowest BCUT2D eigenvalue weighted by molar-refractivity contribution is -0.140. The van der Waals surface area contributed by atoms with Crippen LogP contribution in [-0.4, -0.2) is 36.7 Å². The van der Waals surface area contributed by atoms with Crippen molar-refractivity contribution in [1.29, 1.82) is 0 Å². The first kappa shape index (κ1) is 21.3. The van der Waals surface area contributed by atoms with Crippen molar-refractivity contribution >= 4 is 59.1 Å². The number of halogens is 3. The normalized spacial score (nSPS) is 10.9. The van der Waals surface area contributed by atoms with E-state index in [2.05, 4.69) is 20.4 Å². The average molecular weight is 463 g/mol. The Labute approximate surface area is 157 Å². The summed E-state index contributed by atoms with van der Waals surface area (Å²) in [6.45, 7) is 3.57. The molecule has 0 radical (unpaired) electrons. The summed E-state index contributed by atoms with van der Waals surface area (Å²) in [6, 6.07) is 1.78. The Morgan fingerprint density at radius 3 is 2.59 bits per heavy atom. The predicted molar refractivity (Wildman–Crippen MR) is 100 cm³/mol. The molecule has 1 heterocycles. The Morgan fingerprint density at radius 1 is 1.41 bits per heavy atom. The molecule has 0 saturated heterocycles. The van der Waals surface area contributed by atoms with Gasteiger partial charge in [0, 0.05) is 25.8 Å². The number of guanidine groups is 1. The lowest BCUT2D eigenvalue weighted by atomic mass is 10.4. The lowest BCUT2D eigenvalue weighted by Gasteiger charge is -2.11. The van der Waals surface area contributed by atoms with Crippen LogP contribution in [0.1, 0.15) is 19.0 Å². The first-order valence-corrected chi connectivity index (χ1v) is 7.33.